The summed E-state index contributed by atoms with van der Waals surface area (Å²) in [5.74, 6) is 0.245. The highest BCUT2D eigenvalue weighted by Crippen LogP contribution is 2.35. The number of rotatable bonds is 4. The Bertz CT molecular complexity index is 991. The number of nitrogens with zero attached hydrogens (tertiary/aromatic N) is 5. The minimum atomic E-state index is -0.110. The van der Waals surface area contributed by atoms with Gasteiger partial charge in [0.1, 0.15) is 17.6 Å². The van der Waals surface area contributed by atoms with Crippen LogP contribution >= 0.6 is 11.3 Å². The normalized spacial score (nSPS) is 19.8. The Morgan fingerprint density at radius 2 is 2.41 bits per heavy atom. The van der Waals surface area contributed by atoms with Crippen molar-refractivity contribution in [2.75, 3.05) is 18.4 Å². The van der Waals surface area contributed by atoms with Gasteiger partial charge in [0.05, 0.1) is 17.3 Å². The molecule has 0 radical (unpaired) electrons. The second-order valence-corrected chi connectivity index (χ2v) is 7.68. The first-order valence-electron chi connectivity index (χ1n) is 8.79. The van der Waals surface area contributed by atoms with Gasteiger partial charge in [0.25, 0.3) is 0 Å². The minimum Gasteiger partial charge on any atom is -0.379 e. The second-order valence-electron chi connectivity index (χ2n) is 6.85. The molecule has 1 saturated heterocycles. The maximum absolute atomic E-state index is 12.2. The number of aromatic nitrogens is 4. The van der Waals surface area contributed by atoms with Crippen LogP contribution < -0.4 is 5.32 Å². The summed E-state index contributed by atoms with van der Waals surface area (Å²) in [6.45, 7) is 3.40. The van der Waals surface area contributed by atoms with Gasteiger partial charge in [-0.1, -0.05) is 18.3 Å². The zero-order chi connectivity index (χ0) is 18.8. The summed E-state index contributed by atoms with van der Waals surface area (Å²) in [5.41, 5.74) is 4.35. The Morgan fingerprint density at radius 1 is 1.52 bits per heavy atom. The number of fused-ring (bicyclic) bond motifs is 1. The lowest BCUT2D eigenvalue weighted by molar-refractivity contribution is -0.132. The molecule has 4 rings (SSSR count). The zero-order valence-electron chi connectivity index (χ0n) is 14.8. The maximum Gasteiger partial charge on any atom is 0.236 e. The number of H-pyrrole nitrogens is 1. The molecule has 0 saturated carbocycles. The molecule has 2 atom stereocenters. The number of hydrogen-bond donors (Lipinski definition) is 2. The minimum absolute atomic E-state index is 0.0766. The summed E-state index contributed by atoms with van der Waals surface area (Å²) < 4.78 is 0. The Labute approximate surface area is 160 Å². The predicted octanol–water partition coefficient (Wildman–Crippen LogP) is 2.64. The fourth-order valence-electron chi connectivity index (χ4n) is 3.66. The molecule has 4 heterocycles. The number of hydrogen-bond acceptors (Lipinski definition) is 7. The highest BCUT2D eigenvalue weighted by molar-refractivity contribution is 7.12. The van der Waals surface area contributed by atoms with Crippen molar-refractivity contribution in [2.45, 2.75) is 25.8 Å². The van der Waals surface area contributed by atoms with E-state index in [1.807, 2.05) is 18.3 Å². The highest BCUT2D eigenvalue weighted by Gasteiger charge is 2.29. The molecule has 1 aliphatic rings. The van der Waals surface area contributed by atoms with Crippen LogP contribution in [0.15, 0.2) is 24.0 Å². The molecule has 27 heavy (non-hydrogen) atoms. The van der Waals surface area contributed by atoms with Gasteiger partial charge in [0.2, 0.25) is 5.91 Å². The van der Waals surface area contributed by atoms with Crippen molar-refractivity contribution >= 4 is 34.0 Å². The van der Waals surface area contributed by atoms with Gasteiger partial charge < -0.3 is 15.2 Å². The van der Waals surface area contributed by atoms with Crippen LogP contribution in [0.4, 0.5) is 5.69 Å². The summed E-state index contributed by atoms with van der Waals surface area (Å²) in [4.78, 5) is 21.6. The number of nitriles is 1. The summed E-state index contributed by atoms with van der Waals surface area (Å²) in [6.07, 6.45) is 4.53. The van der Waals surface area contributed by atoms with Gasteiger partial charge in [-0.05, 0) is 18.4 Å². The Balaban J connectivity index is 1.66. The molecule has 3 aromatic heterocycles. The standard InChI is InChI=1S/C18H19N7OS/c1-11-6-12(9-25(8-11)15(26)2-4-19)23-16-13-3-5-20-17(13)21-7-14(16)18-24-22-10-27-18/h3,5,7,10-12H,2,6,8-9H2,1H3,(H2,20,21,23)/t11-,12+/m0/s1. The van der Waals surface area contributed by atoms with E-state index in [0.29, 0.717) is 19.0 Å². The van der Waals surface area contributed by atoms with Crippen LogP contribution in [0.25, 0.3) is 21.6 Å². The van der Waals surface area contributed by atoms with E-state index in [0.717, 1.165) is 33.7 Å². The van der Waals surface area contributed by atoms with Crippen molar-refractivity contribution in [1.29, 1.82) is 5.26 Å². The van der Waals surface area contributed by atoms with Crippen LogP contribution in [0.5, 0.6) is 0 Å². The van der Waals surface area contributed by atoms with Gasteiger partial charge in [-0.25, -0.2) is 4.98 Å². The fraction of sp³-hybridized carbons (Fsp3) is 0.389. The number of anilines is 1. The molecule has 138 valence electrons. The van der Waals surface area contributed by atoms with E-state index in [2.05, 4.69) is 32.4 Å². The van der Waals surface area contributed by atoms with Gasteiger partial charge in [0.15, 0.2) is 5.01 Å². The first-order valence-corrected chi connectivity index (χ1v) is 9.67. The van der Waals surface area contributed by atoms with Crippen LogP contribution in [0.1, 0.15) is 19.8 Å². The molecule has 9 heteroatoms. The monoisotopic (exact) mass is 381 g/mol. The van der Waals surface area contributed by atoms with Crippen molar-refractivity contribution < 1.29 is 4.79 Å². The molecule has 0 spiro atoms. The third-order valence-electron chi connectivity index (χ3n) is 4.77. The summed E-state index contributed by atoms with van der Waals surface area (Å²) >= 11 is 1.46. The largest absolute Gasteiger partial charge is 0.379 e. The SMILES string of the molecule is C[C@H]1C[C@@H](Nc2c(-c3nncs3)cnc3[nH]ccc23)CN(C(=O)CC#N)C1. The molecule has 8 nitrogen and oxygen atoms in total. The third kappa shape index (κ3) is 3.48. The highest BCUT2D eigenvalue weighted by atomic mass is 32.1. The fourth-order valence-corrected chi connectivity index (χ4v) is 4.23. The van der Waals surface area contributed by atoms with Crippen LogP contribution in [-0.4, -0.2) is 50.1 Å². The number of piperidine rings is 1. The molecule has 0 unspecified atom stereocenters. The number of pyridine rings is 1. The average molecular weight is 381 g/mol. The van der Waals surface area contributed by atoms with Gasteiger partial charge in [0, 0.05) is 36.9 Å². The van der Waals surface area contributed by atoms with Gasteiger partial charge in [-0.3, -0.25) is 4.79 Å². The summed E-state index contributed by atoms with van der Waals surface area (Å²) in [6, 6.07) is 4.03. The molecule has 1 amide bonds. The average Bonchev–Trinajstić information content (AvgIpc) is 3.33. The number of amides is 1. The van der Waals surface area contributed by atoms with Crippen molar-refractivity contribution in [3.8, 4) is 16.6 Å². The molecule has 1 fully saturated rings. The molecule has 0 aliphatic carbocycles. The molecular weight excluding hydrogens is 362 g/mol. The van der Waals surface area contributed by atoms with E-state index in [9.17, 15) is 4.79 Å². The molecule has 3 aromatic rings. The smallest absolute Gasteiger partial charge is 0.236 e. The van der Waals surface area contributed by atoms with Crippen LogP contribution in [-0.2, 0) is 4.79 Å². The zero-order valence-corrected chi connectivity index (χ0v) is 15.7. The lowest BCUT2D eigenvalue weighted by Gasteiger charge is -2.37. The number of likely N-dealkylation sites (tertiary alicyclic amines) is 1. The lowest BCUT2D eigenvalue weighted by atomic mass is 9.95. The Kier molecular flexibility index (Phi) is 4.73. The van der Waals surface area contributed by atoms with E-state index in [4.69, 9.17) is 5.26 Å². The molecule has 1 aliphatic heterocycles. The van der Waals surface area contributed by atoms with Crippen LogP contribution in [0.3, 0.4) is 0 Å². The third-order valence-corrected chi connectivity index (χ3v) is 5.49. The molecule has 0 bridgehead atoms. The lowest BCUT2D eigenvalue weighted by Crippen LogP contribution is -2.48. The van der Waals surface area contributed by atoms with Gasteiger partial charge in [-0.2, -0.15) is 5.26 Å². The first-order chi connectivity index (χ1) is 13.2. The van der Waals surface area contributed by atoms with Crippen molar-refractivity contribution in [1.82, 2.24) is 25.1 Å². The number of nitrogens with one attached hydrogen (secondary N) is 2. The second kappa shape index (κ2) is 7.32. The Morgan fingerprint density at radius 3 is 3.19 bits per heavy atom. The Hall–Kier alpha value is -2.99. The maximum atomic E-state index is 12.2. The van der Waals surface area contributed by atoms with E-state index in [-0.39, 0.29) is 18.4 Å². The van der Waals surface area contributed by atoms with Crippen molar-refractivity contribution in [2.24, 2.45) is 5.92 Å². The first kappa shape index (κ1) is 17.4. The number of carbonyl (C=O) groups is 1. The van der Waals surface area contributed by atoms with E-state index >= 15 is 0 Å². The molecule has 0 aromatic carbocycles. The van der Waals surface area contributed by atoms with Gasteiger partial charge >= 0.3 is 0 Å². The van der Waals surface area contributed by atoms with E-state index in [1.54, 1.807) is 16.6 Å². The quantitative estimate of drug-likeness (QED) is 0.719. The predicted molar refractivity (Wildman–Crippen MR) is 103 cm³/mol. The van der Waals surface area contributed by atoms with E-state index < -0.39 is 0 Å². The van der Waals surface area contributed by atoms with Gasteiger partial charge in [-0.15, -0.1) is 10.2 Å². The summed E-state index contributed by atoms with van der Waals surface area (Å²) in [7, 11) is 0. The molecular formula is C18H19N7OS. The summed E-state index contributed by atoms with van der Waals surface area (Å²) in [5, 5.41) is 22.4. The number of aromatic amines is 1. The topological polar surface area (TPSA) is 111 Å². The number of carbonyl (C=O) groups excluding carboxylic acids is 1. The van der Waals surface area contributed by atoms with Crippen molar-refractivity contribution in [3.05, 3.63) is 24.0 Å². The van der Waals surface area contributed by atoms with Crippen LogP contribution in [0, 0.1) is 17.2 Å². The van der Waals surface area contributed by atoms with Crippen LogP contribution in [0.2, 0.25) is 0 Å². The van der Waals surface area contributed by atoms with Crippen molar-refractivity contribution in [3.63, 3.8) is 0 Å². The van der Waals surface area contributed by atoms with E-state index in [1.165, 1.54) is 11.3 Å². The molecule has 2 N–H and O–H groups in total.